The summed E-state index contributed by atoms with van der Waals surface area (Å²) in [6.45, 7) is 2.14. The van der Waals surface area contributed by atoms with Gasteiger partial charge in [0.05, 0.1) is 11.2 Å². The van der Waals surface area contributed by atoms with Crippen molar-refractivity contribution in [1.82, 2.24) is 15.2 Å². The number of likely N-dealkylation sites (N-methyl/N-ethyl adjacent to an activating group) is 1. The number of aliphatic imine (C=N–C) groups is 1. The zero-order valence-electron chi connectivity index (χ0n) is 15.6. The van der Waals surface area contributed by atoms with Gasteiger partial charge in [0, 0.05) is 30.1 Å². The third-order valence-electron chi connectivity index (χ3n) is 5.51. The summed E-state index contributed by atoms with van der Waals surface area (Å²) in [6, 6.07) is 12.5. The second kappa shape index (κ2) is 5.95. The van der Waals surface area contributed by atoms with E-state index in [0.717, 1.165) is 29.9 Å². The molecule has 1 aromatic heterocycles. The molecule has 1 spiro atoms. The molecule has 1 N–H and O–H groups in total. The van der Waals surface area contributed by atoms with Crippen molar-refractivity contribution in [3.63, 3.8) is 0 Å². The Hall–Kier alpha value is -3.14. The molecule has 1 aliphatic carbocycles. The van der Waals surface area contributed by atoms with Crippen LogP contribution in [0.5, 0.6) is 0 Å². The number of benzene rings is 1. The van der Waals surface area contributed by atoms with E-state index in [9.17, 15) is 0 Å². The van der Waals surface area contributed by atoms with E-state index in [4.69, 9.17) is 9.98 Å². The lowest BCUT2D eigenvalue weighted by Gasteiger charge is -2.35. The van der Waals surface area contributed by atoms with E-state index >= 15 is 0 Å². The van der Waals surface area contributed by atoms with Crippen LogP contribution in [-0.4, -0.2) is 28.4 Å². The number of pyridine rings is 1. The van der Waals surface area contributed by atoms with Gasteiger partial charge >= 0.3 is 0 Å². The molecular weight excluding hydrogens is 332 g/mol. The van der Waals surface area contributed by atoms with Gasteiger partial charge in [-0.25, -0.2) is 4.99 Å². The van der Waals surface area contributed by atoms with Crippen LogP contribution in [-0.2, 0) is 6.42 Å². The number of allylic oxidation sites excluding steroid dienone is 4. The lowest BCUT2D eigenvalue weighted by molar-refractivity contribution is 0.469. The first-order valence-corrected chi connectivity index (χ1v) is 9.38. The first-order chi connectivity index (χ1) is 13.2. The van der Waals surface area contributed by atoms with Crippen LogP contribution in [0.2, 0.25) is 0 Å². The van der Waals surface area contributed by atoms with Crippen LogP contribution in [0, 0.1) is 0 Å². The van der Waals surface area contributed by atoms with Crippen molar-refractivity contribution in [3.8, 4) is 0 Å². The summed E-state index contributed by atoms with van der Waals surface area (Å²) in [7, 11) is 2.11. The molecule has 4 nitrogen and oxygen atoms in total. The molecule has 27 heavy (non-hydrogen) atoms. The first kappa shape index (κ1) is 16.1. The maximum absolute atomic E-state index is 5.13. The molecule has 4 heteroatoms. The Balaban J connectivity index is 1.43. The lowest BCUT2D eigenvalue weighted by Crippen LogP contribution is -2.46. The van der Waals surface area contributed by atoms with E-state index in [1.54, 1.807) is 0 Å². The van der Waals surface area contributed by atoms with Crippen molar-refractivity contribution in [3.05, 3.63) is 89.4 Å². The number of rotatable bonds is 3. The summed E-state index contributed by atoms with van der Waals surface area (Å²) in [5.41, 5.74) is 5.34. The summed E-state index contributed by atoms with van der Waals surface area (Å²) in [4.78, 5) is 12.2. The lowest BCUT2D eigenvalue weighted by atomic mass is 9.87. The van der Waals surface area contributed by atoms with Gasteiger partial charge in [0.2, 0.25) is 0 Å². The molecule has 2 aromatic rings. The molecule has 3 heterocycles. The van der Waals surface area contributed by atoms with Gasteiger partial charge < -0.3 is 10.2 Å². The molecule has 0 saturated heterocycles. The van der Waals surface area contributed by atoms with Crippen molar-refractivity contribution >= 4 is 16.7 Å². The largest absolute Gasteiger partial charge is 0.359 e. The van der Waals surface area contributed by atoms with E-state index in [1.807, 2.05) is 24.4 Å². The maximum atomic E-state index is 5.13. The Labute approximate surface area is 159 Å². The summed E-state index contributed by atoms with van der Waals surface area (Å²) in [6.07, 6.45) is 12.4. The highest BCUT2D eigenvalue weighted by molar-refractivity contribution is 5.89. The highest BCUT2D eigenvalue weighted by atomic mass is 15.3. The minimum absolute atomic E-state index is 0.463. The van der Waals surface area contributed by atoms with Gasteiger partial charge in [-0.3, -0.25) is 4.98 Å². The number of hydrogen-bond donors (Lipinski definition) is 1. The minimum Gasteiger partial charge on any atom is -0.359 e. The third kappa shape index (κ3) is 2.52. The summed E-state index contributed by atoms with van der Waals surface area (Å²) in [5, 5.41) is 4.67. The van der Waals surface area contributed by atoms with Crippen molar-refractivity contribution < 1.29 is 0 Å². The molecule has 0 bridgehead atoms. The SMILES string of the molecule is CC1=CC2=CC=CNC23N=C(CCc2ccc4ccccc4n2)N(C)C3=C1. The monoisotopic (exact) mass is 354 g/mol. The van der Waals surface area contributed by atoms with Gasteiger partial charge in [-0.2, -0.15) is 0 Å². The molecule has 0 saturated carbocycles. The van der Waals surface area contributed by atoms with Gasteiger partial charge in [-0.1, -0.05) is 36.4 Å². The number of dihydropyridines is 1. The Morgan fingerprint density at radius 3 is 2.89 bits per heavy atom. The fourth-order valence-corrected chi connectivity index (χ4v) is 4.12. The molecule has 2 aliphatic heterocycles. The van der Waals surface area contributed by atoms with Crippen molar-refractivity contribution in [2.45, 2.75) is 25.4 Å². The van der Waals surface area contributed by atoms with Crippen LogP contribution in [0.25, 0.3) is 10.9 Å². The highest BCUT2D eigenvalue weighted by Gasteiger charge is 2.46. The first-order valence-electron chi connectivity index (χ1n) is 9.38. The van der Waals surface area contributed by atoms with Crippen molar-refractivity contribution in [1.29, 1.82) is 0 Å². The average molecular weight is 354 g/mol. The fourth-order valence-electron chi connectivity index (χ4n) is 4.12. The number of fused-ring (bicyclic) bond motifs is 1. The van der Waals surface area contributed by atoms with E-state index in [2.05, 4.69) is 66.7 Å². The van der Waals surface area contributed by atoms with Gasteiger partial charge in [-0.15, -0.1) is 0 Å². The summed E-state index contributed by atoms with van der Waals surface area (Å²) >= 11 is 0. The van der Waals surface area contributed by atoms with Crippen LogP contribution in [0.1, 0.15) is 19.0 Å². The van der Waals surface area contributed by atoms with Gasteiger partial charge in [0.15, 0.2) is 5.66 Å². The second-order valence-corrected chi connectivity index (χ2v) is 7.34. The molecule has 5 rings (SSSR count). The van der Waals surface area contributed by atoms with Crippen LogP contribution in [0.3, 0.4) is 0 Å². The fraction of sp³-hybridized carbons (Fsp3) is 0.217. The molecular formula is C23H22N4. The number of para-hydroxylation sites is 1. The molecule has 0 fully saturated rings. The Morgan fingerprint density at radius 1 is 1.07 bits per heavy atom. The Bertz CT molecular complexity index is 1090. The zero-order valence-corrected chi connectivity index (χ0v) is 15.6. The molecule has 0 radical (unpaired) electrons. The summed E-state index contributed by atoms with van der Waals surface area (Å²) in [5.74, 6) is 1.09. The molecule has 3 aliphatic rings. The Kier molecular flexibility index (Phi) is 3.54. The smallest absolute Gasteiger partial charge is 0.198 e. The van der Waals surface area contributed by atoms with Gasteiger partial charge in [-0.05, 0) is 49.4 Å². The van der Waals surface area contributed by atoms with Crippen molar-refractivity contribution in [2.75, 3.05) is 7.05 Å². The van der Waals surface area contributed by atoms with Crippen LogP contribution in [0.15, 0.2) is 88.7 Å². The number of aryl methyl sites for hydroxylation is 1. The number of hydrogen-bond acceptors (Lipinski definition) is 4. The normalized spacial score (nSPS) is 23.1. The maximum Gasteiger partial charge on any atom is 0.198 e. The number of nitrogens with zero attached hydrogens (tertiary/aromatic N) is 3. The highest BCUT2D eigenvalue weighted by Crippen LogP contribution is 2.41. The molecule has 1 aromatic carbocycles. The number of amidine groups is 1. The van der Waals surface area contributed by atoms with Crippen LogP contribution in [0.4, 0.5) is 0 Å². The number of aromatic nitrogens is 1. The van der Waals surface area contributed by atoms with Crippen LogP contribution < -0.4 is 5.32 Å². The number of nitrogens with one attached hydrogen (secondary N) is 1. The average Bonchev–Trinajstić information content (AvgIpc) is 2.96. The predicted octanol–water partition coefficient (Wildman–Crippen LogP) is 4.09. The van der Waals surface area contributed by atoms with E-state index in [-0.39, 0.29) is 0 Å². The van der Waals surface area contributed by atoms with Crippen LogP contribution >= 0.6 is 0 Å². The van der Waals surface area contributed by atoms with Gasteiger partial charge in [0.1, 0.15) is 5.84 Å². The minimum atomic E-state index is -0.463. The van der Waals surface area contributed by atoms with E-state index in [0.29, 0.717) is 0 Å². The Morgan fingerprint density at radius 2 is 1.96 bits per heavy atom. The summed E-state index contributed by atoms with van der Waals surface area (Å²) < 4.78 is 0. The molecule has 0 amide bonds. The topological polar surface area (TPSA) is 40.5 Å². The second-order valence-electron chi connectivity index (χ2n) is 7.34. The van der Waals surface area contributed by atoms with E-state index in [1.165, 1.54) is 22.2 Å². The zero-order chi connectivity index (χ0) is 18.4. The molecule has 1 atom stereocenters. The quantitative estimate of drug-likeness (QED) is 0.902. The standard InChI is InChI=1S/C23H22N4/c1-16-14-18-7-5-13-24-23(18)21(15-16)27(2)22(26-23)12-11-19-10-9-17-6-3-4-8-20(17)25-19/h3-10,13-15,24H,11-12H2,1-2H3. The third-order valence-corrected chi connectivity index (χ3v) is 5.51. The predicted molar refractivity (Wildman–Crippen MR) is 110 cm³/mol. The van der Waals surface area contributed by atoms with E-state index < -0.39 is 5.66 Å². The molecule has 1 unspecified atom stereocenters. The van der Waals surface area contributed by atoms with Crippen molar-refractivity contribution in [2.24, 2.45) is 4.99 Å². The van der Waals surface area contributed by atoms with Gasteiger partial charge in [0.25, 0.3) is 0 Å². The molecule has 134 valence electrons.